The largest absolute Gasteiger partial charge is 0.342 e. The molecule has 1 saturated carbocycles. The van der Waals surface area contributed by atoms with Crippen molar-refractivity contribution in [3.8, 4) is 5.69 Å². The van der Waals surface area contributed by atoms with Crippen LogP contribution >= 0.6 is 23.1 Å². The first kappa shape index (κ1) is 21.1. The zero-order chi connectivity index (χ0) is 20.9. The van der Waals surface area contributed by atoms with E-state index in [-0.39, 0.29) is 5.91 Å². The van der Waals surface area contributed by atoms with E-state index in [2.05, 4.69) is 51.3 Å². The molecule has 4 rings (SSSR count). The number of amides is 1. The first-order valence-electron chi connectivity index (χ1n) is 10.5. The van der Waals surface area contributed by atoms with Crippen LogP contribution in [0.4, 0.5) is 0 Å². The molecule has 1 fully saturated rings. The van der Waals surface area contributed by atoms with Gasteiger partial charge in [-0.2, -0.15) is 0 Å². The zero-order valence-corrected chi connectivity index (χ0v) is 19.2. The second-order valence-corrected chi connectivity index (χ2v) is 10.0. The summed E-state index contributed by atoms with van der Waals surface area (Å²) >= 11 is 3.20. The van der Waals surface area contributed by atoms with Gasteiger partial charge in [0.25, 0.3) is 0 Å². The number of thiophene rings is 1. The van der Waals surface area contributed by atoms with Crippen LogP contribution in [0.25, 0.3) is 5.69 Å². The lowest BCUT2D eigenvalue weighted by Gasteiger charge is -2.33. The fraction of sp³-hybridized carbons (Fsp3) is 0.435. The molecule has 1 aliphatic rings. The summed E-state index contributed by atoms with van der Waals surface area (Å²) in [6.07, 6.45) is 5.38. The van der Waals surface area contributed by atoms with Gasteiger partial charge in [-0.15, -0.1) is 21.5 Å². The lowest BCUT2D eigenvalue weighted by atomic mass is 9.87. The third-order valence-corrected chi connectivity index (χ3v) is 7.67. The first-order chi connectivity index (χ1) is 14.6. The first-order valence-corrected chi connectivity index (χ1v) is 12.4. The predicted molar refractivity (Wildman–Crippen MR) is 123 cm³/mol. The van der Waals surface area contributed by atoms with Crippen molar-refractivity contribution in [3.63, 3.8) is 0 Å². The van der Waals surface area contributed by atoms with E-state index in [4.69, 9.17) is 0 Å². The number of benzene rings is 1. The Labute approximate surface area is 186 Å². The Morgan fingerprint density at radius 3 is 2.60 bits per heavy atom. The summed E-state index contributed by atoms with van der Waals surface area (Å²) in [5.74, 6) is 2.23. The van der Waals surface area contributed by atoms with Crippen LogP contribution in [0.3, 0.4) is 0 Å². The number of aromatic nitrogens is 3. The summed E-state index contributed by atoms with van der Waals surface area (Å²) in [6.45, 7) is 2.30. The maximum absolute atomic E-state index is 12.9. The minimum atomic E-state index is 0.168. The molecule has 7 heteroatoms. The molecule has 30 heavy (non-hydrogen) atoms. The van der Waals surface area contributed by atoms with Crippen LogP contribution in [-0.2, 0) is 11.2 Å². The van der Waals surface area contributed by atoms with E-state index in [1.54, 1.807) is 11.3 Å². The lowest BCUT2D eigenvalue weighted by Crippen LogP contribution is -2.40. The number of nitrogens with zero attached hydrogens (tertiary/aromatic N) is 4. The number of hydrogen-bond acceptors (Lipinski definition) is 5. The van der Waals surface area contributed by atoms with Gasteiger partial charge < -0.3 is 4.90 Å². The minimum Gasteiger partial charge on any atom is -0.342 e. The number of thioether (sulfide) groups is 1. The summed E-state index contributed by atoms with van der Waals surface area (Å²) in [4.78, 5) is 16.1. The highest BCUT2D eigenvalue weighted by molar-refractivity contribution is 7.99. The summed E-state index contributed by atoms with van der Waals surface area (Å²) in [7, 11) is 1.95. The fourth-order valence-corrected chi connectivity index (χ4v) is 5.57. The van der Waals surface area contributed by atoms with Crippen molar-refractivity contribution in [1.29, 1.82) is 0 Å². The normalized spacial score (nSPS) is 19.0. The van der Waals surface area contributed by atoms with E-state index in [1.165, 1.54) is 29.5 Å². The molecule has 1 amide bonds. The lowest BCUT2D eigenvalue weighted by molar-refractivity contribution is -0.129. The van der Waals surface area contributed by atoms with Crippen molar-refractivity contribution in [1.82, 2.24) is 19.7 Å². The number of hydrogen-bond donors (Lipinski definition) is 0. The topological polar surface area (TPSA) is 51.0 Å². The Hall–Kier alpha value is -2.12. The van der Waals surface area contributed by atoms with Gasteiger partial charge in [-0.1, -0.05) is 43.0 Å². The second kappa shape index (κ2) is 9.79. The Kier molecular flexibility index (Phi) is 6.89. The third-order valence-electron chi connectivity index (χ3n) is 5.88. The quantitative estimate of drug-likeness (QED) is 0.483. The maximum Gasteiger partial charge on any atom is 0.233 e. The predicted octanol–water partition coefficient (Wildman–Crippen LogP) is 5.05. The summed E-state index contributed by atoms with van der Waals surface area (Å²) in [5, 5.41) is 11.7. The van der Waals surface area contributed by atoms with Gasteiger partial charge in [-0.25, -0.2) is 0 Å². The van der Waals surface area contributed by atoms with Crippen LogP contribution in [0.15, 0.2) is 53.0 Å². The van der Waals surface area contributed by atoms with E-state index in [0.29, 0.717) is 11.8 Å². The summed E-state index contributed by atoms with van der Waals surface area (Å²) in [5.41, 5.74) is 1.03. The standard InChI is InChI=1S/C23H28N4OS2/c1-17-10-12-18(13-11-17)26(2)22(28)16-30-23-25-24-21(15-20-9-6-14-29-20)27(23)19-7-4-3-5-8-19/h3-9,14,17-18H,10-13,15-16H2,1-2H3. The Morgan fingerprint density at radius 1 is 1.13 bits per heavy atom. The molecule has 0 unspecified atom stereocenters. The molecule has 0 atom stereocenters. The molecule has 1 aromatic carbocycles. The van der Waals surface area contributed by atoms with Gasteiger partial charge in [0.1, 0.15) is 5.82 Å². The Morgan fingerprint density at radius 2 is 1.90 bits per heavy atom. The molecule has 2 heterocycles. The molecule has 158 valence electrons. The Balaban J connectivity index is 1.48. The van der Waals surface area contributed by atoms with Crippen LogP contribution in [-0.4, -0.2) is 44.4 Å². The van der Waals surface area contributed by atoms with E-state index in [0.717, 1.165) is 41.8 Å². The average Bonchev–Trinajstić information content (AvgIpc) is 3.43. The molecular weight excluding hydrogens is 412 g/mol. The van der Waals surface area contributed by atoms with Gasteiger partial charge in [-0.05, 0) is 55.2 Å². The van der Waals surface area contributed by atoms with E-state index >= 15 is 0 Å². The Bertz CT molecular complexity index is 947. The number of carbonyl (C=O) groups excluding carboxylic acids is 1. The molecule has 0 aliphatic heterocycles. The van der Waals surface area contributed by atoms with Crippen LogP contribution in [0.1, 0.15) is 43.3 Å². The fourth-order valence-electron chi connectivity index (χ4n) is 3.98. The highest BCUT2D eigenvalue weighted by Crippen LogP contribution is 2.28. The van der Waals surface area contributed by atoms with Gasteiger partial charge in [0.05, 0.1) is 5.75 Å². The van der Waals surface area contributed by atoms with Gasteiger partial charge >= 0.3 is 0 Å². The third kappa shape index (κ3) is 4.95. The van der Waals surface area contributed by atoms with Crippen molar-refractivity contribution in [3.05, 3.63) is 58.5 Å². The molecule has 0 radical (unpaired) electrons. The van der Waals surface area contributed by atoms with E-state index in [9.17, 15) is 4.79 Å². The molecule has 0 spiro atoms. The van der Waals surface area contributed by atoms with Crippen molar-refractivity contribution in [2.24, 2.45) is 5.92 Å². The monoisotopic (exact) mass is 440 g/mol. The maximum atomic E-state index is 12.9. The van der Waals surface area contributed by atoms with E-state index in [1.807, 2.05) is 30.1 Å². The molecule has 2 aromatic heterocycles. The molecular formula is C23H28N4OS2. The van der Waals surface area contributed by atoms with Crippen LogP contribution in [0.5, 0.6) is 0 Å². The molecule has 1 aliphatic carbocycles. The van der Waals surface area contributed by atoms with Crippen molar-refractivity contribution in [2.75, 3.05) is 12.8 Å². The van der Waals surface area contributed by atoms with Crippen molar-refractivity contribution < 1.29 is 4.79 Å². The van der Waals surface area contributed by atoms with Crippen molar-refractivity contribution in [2.45, 2.75) is 50.2 Å². The van der Waals surface area contributed by atoms with Crippen LogP contribution in [0.2, 0.25) is 0 Å². The van der Waals surface area contributed by atoms with Gasteiger partial charge in [0.2, 0.25) is 5.91 Å². The molecule has 0 N–H and O–H groups in total. The average molecular weight is 441 g/mol. The highest BCUT2D eigenvalue weighted by Gasteiger charge is 2.25. The molecule has 5 nitrogen and oxygen atoms in total. The minimum absolute atomic E-state index is 0.168. The second-order valence-electron chi connectivity index (χ2n) is 8.03. The van der Waals surface area contributed by atoms with Crippen LogP contribution in [0, 0.1) is 5.92 Å². The van der Waals surface area contributed by atoms with Gasteiger partial charge in [-0.3, -0.25) is 9.36 Å². The molecule has 0 bridgehead atoms. The van der Waals surface area contributed by atoms with Gasteiger partial charge in [0.15, 0.2) is 5.16 Å². The smallest absolute Gasteiger partial charge is 0.233 e. The summed E-state index contributed by atoms with van der Waals surface area (Å²) < 4.78 is 2.08. The van der Waals surface area contributed by atoms with Gasteiger partial charge in [0, 0.05) is 30.1 Å². The zero-order valence-electron chi connectivity index (χ0n) is 17.5. The molecule has 0 saturated heterocycles. The van der Waals surface area contributed by atoms with E-state index < -0.39 is 0 Å². The summed E-state index contributed by atoms with van der Waals surface area (Å²) in [6, 6.07) is 14.7. The number of carbonyl (C=O) groups is 1. The highest BCUT2D eigenvalue weighted by atomic mass is 32.2. The number of rotatable bonds is 7. The number of para-hydroxylation sites is 1. The van der Waals surface area contributed by atoms with Crippen LogP contribution < -0.4 is 0 Å². The SMILES string of the molecule is CC1CCC(N(C)C(=O)CSc2nnc(Cc3cccs3)n2-c2ccccc2)CC1. The molecule has 3 aromatic rings. The van der Waals surface area contributed by atoms with Crippen molar-refractivity contribution >= 4 is 29.0 Å².